The maximum atomic E-state index is 2.40. The molecule has 0 nitrogen and oxygen atoms in total. The van der Waals surface area contributed by atoms with Crippen molar-refractivity contribution >= 4 is 43.3 Å². The highest BCUT2D eigenvalue weighted by atomic mass is 32.2. The van der Waals surface area contributed by atoms with Gasteiger partial charge < -0.3 is 0 Å². The van der Waals surface area contributed by atoms with Crippen LogP contribution in [0, 0.1) is 5.41 Å². The molecule has 23 heavy (non-hydrogen) atoms. The third-order valence-electron chi connectivity index (χ3n) is 4.48. The second kappa shape index (κ2) is 5.82. The highest BCUT2D eigenvalue weighted by molar-refractivity contribution is 7.99. The van der Waals surface area contributed by atoms with Crippen molar-refractivity contribution in [2.24, 2.45) is 5.41 Å². The lowest BCUT2D eigenvalue weighted by atomic mass is 9.88. The van der Waals surface area contributed by atoms with E-state index in [1.807, 2.05) is 23.1 Å². The summed E-state index contributed by atoms with van der Waals surface area (Å²) in [4.78, 5) is 0. The van der Waals surface area contributed by atoms with Gasteiger partial charge in [-0.05, 0) is 61.3 Å². The van der Waals surface area contributed by atoms with Gasteiger partial charge in [-0.25, -0.2) is 0 Å². The molecule has 122 valence electrons. The summed E-state index contributed by atoms with van der Waals surface area (Å²) < 4.78 is 2.98. The predicted molar refractivity (Wildman–Crippen MR) is 109 cm³/mol. The molecule has 0 fully saturated rings. The van der Waals surface area contributed by atoms with Gasteiger partial charge in [-0.1, -0.05) is 39.0 Å². The van der Waals surface area contributed by atoms with Crippen molar-refractivity contribution in [1.82, 2.24) is 0 Å². The molecule has 2 heteroatoms. The molecule has 0 saturated carbocycles. The van der Waals surface area contributed by atoms with Crippen LogP contribution in [-0.2, 0) is 11.2 Å². The zero-order valence-electron chi connectivity index (χ0n) is 15.0. The Morgan fingerprint density at radius 2 is 1.61 bits per heavy atom. The number of fused-ring (bicyclic) bond motifs is 3. The van der Waals surface area contributed by atoms with Crippen molar-refractivity contribution in [3.05, 3.63) is 47.5 Å². The summed E-state index contributed by atoms with van der Waals surface area (Å²) in [5.41, 5.74) is 3.19. The fraction of sp³-hybridized carbons (Fsp3) is 0.429. The predicted octanol–water partition coefficient (Wildman–Crippen LogP) is 7.24. The SMILES string of the molecule is CSC(C)(C)c1ccc2sc3cc(CC(C)(C)C)ccc3c2c1. The highest BCUT2D eigenvalue weighted by Crippen LogP contribution is 2.40. The normalized spacial score (nSPS) is 13.1. The molecule has 0 N–H and O–H groups in total. The molecule has 3 rings (SSSR count). The van der Waals surface area contributed by atoms with Gasteiger partial charge in [0.1, 0.15) is 0 Å². The molecule has 0 radical (unpaired) electrons. The Kier molecular flexibility index (Phi) is 4.27. The standard InChI is InChI=1S/C21H26S2/c1-20(2,3)13-14-7-9-16-17-12-15(21(4,5)22-6)8-10-18(17)23-19(16)11-14/h7-12H,13H2,1-6H3. The maximum Gasteiger partial charge on any atom is 0.0358 e. The maximum absolute atomic E-state index is 2.40. The summed E-state index contributed by atoms with van der Waals surface area (Å²) in [6.45, 7) is 11.5. The summed E-state index contributed by atoms with van der Waals surface area (Å²) in [7, 11) is 0. The van der Waals surface area contributed by atoms with Crippen LogP contribution in [0.3, 0.4) is 0 Å². The third-order valence-corrected chi connectivity index (χ3v) is 6.87. The summed E-state index contributed by atoms with van der Waals surface area (Å²) in [5, 5.41) is 2.81. The quantitative estimate of drug-likeness (QED) is 0.483. The zero-order valence-corrected chi connectivity index (χ0v) is 16.6. The molecule has 0 spiro atoms. The number of thioether (sulfide) groups is 1. The molecule has 1 heterocycles. The van der Waals surface area contributed by atoms with Crippen LogP contribution in [0.1, 0.15) is 45.7 Å². The van der Waals surface area contributed by atoms with Crippen molar-refractivity contribution in [2.75, 3.05) is 6.26 Å². The number of rotatable bonds is 3. The van der Waals surface area contributed by atoms with E-state index >= 15 is 0 Å². The summed E-state index contributed by atoms with van der Waals surface area (Å²) in [6, 6.07) is 14.0. The molecular formula is C21H26S2. The number of thiophene rings is 1. The largest absolute Gasteiger partial charge is 0.154 e. The summed E-state index contributed by atoms with van der Waals surface area (Å²) in [6.07, 6.45) is 3.32. The van der Waals surface area contributed by atoms with E-state index in [2.05, 4.69) is 77.3 Å². The first kappa shape index (κ1) is 16.9. The highest BCUT2D eigenvalue weighted by Gasteiger charge is 2.20. The molecule has 1 aromatic heterocycles. The smallest absolute Gasteiger partial charge is 0.0358 e. The Balaban J connectivity index is 2.12. The van der Waals surface area contributed by atoms with Crippen LogP contribution >= 0.6 is 23.1 Å². The van der Waals surface area contributed by atoms with E-state index < -0.39 is 0 Å². The van der Waals surface area contributed by atoms with Crippen LogP contribution in [0.5, 0.6) is 0 Å². The van der Waals surface area contributed by atoms with Crippen molar-refractivity contribution in [3.8, 4) is 0 Å². The van der Waals surface area contributed by atoms with Crippen LogP contribution in [0.4, 0.5) is 0 Å². The topological polar surface area (TPSA) is 0 Å². The number of hydrogen-bond donors (Lipinski definition) is 0. The molecule has 3 aromatic rings. The van der Waals surface area contributed by atoms with Crippen LogP contribution in [-0.4, -0.2) is 6.26 Å². The summed E-state index contributed by atoms with van der Waals surface area (Å²) in [5.74, 6) is 0. The lowest BCUT2D eigenvalue weighted by Crippen LogP contribution is -2.10. The Morgan fingerprint density at radius 3 is 2.26 bits per heavy atom. The molecular weight excluding hydrogens is 316 g/mol. The van der Waals surface area contributed by atoms with E-state index in [0.717, 1.165) is 6.42 Å². The van der Waals surface area contributed by atoms with Crippen LogP contribution in [0.15, 0.2) is 36.4 Å². The van der Waals surface area contributed by atoms with Gasteiger partial charge in [-0.3, -0.25) is 0 Å². The van der Waals surface area contributed by atoms with E-state index in [-0.39, 0.29) is 4.75 Å². The number of benzene rings is 2. The molecule has 0 aliphatic heterocycles. The van der Waals surface area contributed by atoms with Gasteiger partial charge in [0.05, 0.1) is 0 Å². The second-order valence-electron chi connectivity index (χ2n) is 8.10. The molecule has 0 unspecified atom stereocenters. The van der Waals surface area contributed by atoms with Gasteiger partial charge in [0, 0.05) is 24.9 Å². The van der Waals surface area contributed by atoms with Gasteiger partial charge >= 0.3 is 0 Å². The molecule has 0 bridgehead atoms. The van der Waals surface area contributed by atoms with E-state index in [1.165, 1.54) is 31.3 Å². The van der Waals surface area contributed by atoms with Crippen molar-refractivity contribution in [3.63, 3.8) is 0 Å². The lowest BCUT2D eigenvalue weighted by molar-refractivity contribution is 0.411. The fourth-order valence-electron chi connectivity index (χ4n) is 3.04. The van der Waals surface area contributed by atoms with E-state index in [4.69, 9.17) is 0 Å². The molecule has 0 atom stereocenters. The summed E-state index contributed by atoms with van der Waals surface area (Å²) >= 11 is 3.83. The molecule has 0 saturated heterocycles. The van der Waals surface area contributed by atoms with Crippen LogP contribution < -0.4 is 0 Å². The monoisotopic (exact) mass is 342 g/mol. The third kappa shape index (κ3) is 3.44. The minimum Gasteiger partial charge on any atom is -0.154 e. The van der Waals surface area contributed by atoms with Gasteiger partial charge in [0.25, 0.3) is 0 Å². The van der Waals surface area contributed by atoms with Crippen molar-refractivity contribution < 1.29 is 0 Å². The Morgan fingerprint density at radius 1 is 0.870 bits per heavy atom. The number of hydrogen-bond acceptors (Lipinski definition) is 2. The molecule has 0 amide bonds. The average molecular weight is 343 g/mol. The average Bonchev–Trinajstić information content (AvgIpc) is 2.82. The second-order valence-corrected chi connectivity index (χ2v) is 10.6. The van der Waals surface area contributed by atoms with Gasteiger partial charge in [0.2, 0.25) is 0 Å². The van der Waals surface area contributed by atoms with Crippen molar-refractivity contribution in [2.45, 2.75) is 45.8 Å². The Hall–Kier alpha value is -0.990. The fourth-order valence-corrected chi connectivity index (χ4v) is 4.55. The van der Waals surface area contributed by atoms with Crippen molar-refractivity contribution in [1.29, 1.82) is 0 Å². The first-order chi connectivity index (χ1) is 10.7. The van der Waals surface area contributed by atoms with Crippen LogP contribution in [0.2, 0.25) is 0 Å². The Bertz CT molecular complexity index is 847. The van der Waals surface area contributed by atoms with Gasteiger partial charge in [0.15, 0.2) is 0 Å². The molecule has 0 aliphatic carbocycles. The first-order valence-corrected chi connectivity index (χ1v) is 10.2. The van der Waals surface area contributed by atoms with Gasteiger partial charge in [-0.2, -0.15) is 11.8 Å². The van der Waals surface area contributed by atoms with Gasteiger partial charge in [-0.15, -0.1) is 11.3 Å². The van der Waals surface area contributed by atoms with Crippen LogP contribution in [0.25, 0.3) is 20.2 Å². The first-order valence-electron chi connectivity index (χ1n) is 8.20. The zero-order chi connectivity index (χ0) is 16.8. The lowest BCUT2D eigenvalue weighted by Gasteiger charge is -2.22. The Labute approximate surface area is 148 Å². The van der Waals surface area contributed by atoms with E-state index in [9.17, 15) is 0 Å². The minimum atomic E-state index is 0.161. The van der Waals surface area contributed by atoms with E-state index in [1.54, 1.807) is 0 Å². The molecule has 2 aromatic carbocycles. The molecule has 0 aliphatic rings. The van der Waals surface area contributed by atoms with E-state index in [0.29, 0.717) is 5.41 Å². The minimum absolute atomic E-state index is 0.161.